The van der Waals surface area contributed by atoms with E-state index in [1.165, 1.54) is 6.08 Å². The van der Waals surface area contributed by atoms with E-state index in [-0.39, 0.29) is 31.1 Å². The summed E-state index contributed by atoms with van der Waals surface area (Å²) >= 11 is 0. The predicted molar refractivity (Wildman–Crippen MR) is 149 cm³/mol. The summed E-state index contributed by atoms with van der Waals surface area (Å²) < 4.78 is 0. The third-order valence-electron chi connectivity index (χ3n) is 9.83. The number of aliphatic hydroxyl groups is 5. The molecule has 1 spiro atoms. The van der Waals surface area contributed by atoms with Gasteiger partial charge in [-0.3, -0.25) is 9.59 Å². The molecular weight excluding hydrogens is 536 g/mol. The van der Waals surface area contributed by atoms with Gasteiger partial charge in [0.1, 0.15) is 0 Å². The molecule has 0 aromatic heterocycles. The molecule has 8 atom stereocenters. The van der Waals surface area contributed by atoms with E-state index in [2.05, 4.69) is 0 Å². The van der Waals surface area contributed by atoms with Crippen LogP contribution in [0.5, 0.6) is 0 Å². The summed E-state index contributed by atoms with van der Waals surface area (Å²) in [7, 11) is 0. The fourth-order valence-corrected chi connectivity index (χ4v) is 7.59. The number of rotatable bonds is 17. The minimum absolute atomic E-state index is 0.114. The van der Waals surface area contributed by atoms with Gasteiger partial charge in [-0.2, -0.15) is 0 Å². The Labute approximate surface area is 241 Å². The highest BCUT2D eigenvalue weighted by Gasteiger charge is 2.71. The number of aliphatic carboxylic acids is 3. The van der Waals surface area contributed by atoms with Crippen molar-refractivity contribution in [2.45, 2.75) is 115 Å². The largest absolute Gasteiger partial charge is 0.481 e. The maximum atomic E-state index is 11.6. The van der Waals surface area contributed by atoms with E-state index in [1.54, 1.807) is 0 Å². The number of fused-ring (bicyclic) bond motifs is 1. The van der Waals surface area contributed by atoms with Crippen molar-refractivity contribution in [3.63, 3.8) is 0 Å². The van der Waals surface area contributed by atoms with Crippen molar-refractivity contribution in [2.75, 3.05) is 13.2 Å². The van der Waals surface area contributed by atoms with Gasteiger partial charge in [-0.05, 0) is 62.9 Å². The molecule has 3 aliphatic rings. The van der Waals surface area contributed by atoms with E-state index < -0.39 is 58.9 Å². The van der Waals surface area contributed by atoms with Crippen molar-refractivity contribution in [3.8, 4) is 0 Å². The maximum absolute atomic E-state index is 11.6. The molecule has 11 nitrogen and oxygen atoms in total. The van der Waals surface area contributed by atoms with Crippen molar-refractivity contribution in [2.24, 2.45) is 28.6 Å². The van der Waals surface area contributed by atoms with E-state index in [4.69, 9.17) is 10.2 Å². The van der Waals surface area contributed by atoms with Crippen LogP contribution in [0.4, 0.5) is 0 Å². The molecule has 41 heavy (non-hydrogen) atoms. The lowest BCUT2D eigenvalue weighted by Crippen LogP contribution is -2.45. The van der Waals surface area contributed by atoms with Crippen LogP contribution in [0.25, 0.3) is 0 Å². The number of hydrogen-bond donors (Lipinski definition) is 8. The monoisotopic (exact) mass is 586 g/mol. The van der Waals surface area contributed by atoms with E-state index in [0.29, 0.717) is 38.5 Å². The molecule has 3 aliphatic carbocycles. The molecule has 0 saturated heterocycles. The van der Waals surface area contributed by atoms with Crippen LogP contribution < -0.4 is 0 Å². The van der Waals surface area contributed by atoms with Crippen molar-refractivity contribution in [1.29, 1.82) is 0 Å². The van der Waals surface area contributed by atoms with Crippen LogP contribution in [0.2, 0.25) is 0 Å². The summed E-state index contributed by atoms with van der Waals surface area (Å²) in [6.45, 7) is 1.80. The standard InChI is InChI=1S/C15H20O6.C15H30O5/c1-14(6-16)9-5-15(11(17)4-7(9)12(18)19)8(13(20)21)2-3-10(14)15;16-12-8-4-6-10-14(18)13(17)9-5-2-1-3-7-11-15(19)20/h4,8-11,16-17H,2-3,5-6H2,1H3,(H,18,19)(H,20,21);13-14,16-18H,1-12H2,(H,19,20)/t8-,9-,10?,11-,14+,15?;/m0./s1. The Morgan fingerprint density at radius 3 is 1.95 bits per heavy atom. The van der Waals surface area contributed by atoms with Gasteiger partial charge in [0.15, 0.2) is 0 Å². The summed E-state index contributed by atoms with van der Waals surface area (Å²) in [6.07, 6.45) is 8.59. The Morgan fingerprint density at radius 1 is 0.878 bits per heavy atom. The zero-order chi connectivity index (χ0) is 30.8. The summed E-state index contributed by atoms with van der Waals surface area (Å²) in [6, 6.07) is 0. The van der Waals surface area contributed by atoms with E-state index >= 15 is 0 Å². The molecule has 236 valence electrons. The van der Waals surface area contributed by atoms with Crippen LogP contribution in [0, 0.1) is 28.6 Å². The van der Waals surface area contributed by atoms with Gasteiger partial charge < -0.3 is 40.9 Å². The van der Waals surface area contributed by atoms with Gasteiger partial charge in [0, 0.05) is 36.0 Å². The van der Waals surface area contributed by atoms with Gasteiger partial charge in [-0.1, -0.05) is 45.4 Å². The molecule has 2 fully saturated rings. The molecule has 0 heterocycles. The van der Waals surface area contributed by atoms with Gasteiger partial charge >= 0.3 is 17.9 Å². The third kappa shape index (κ3) is 8.28. The topological polar surface area (TPSA) is 213 Å². The summed E-state index contributed by atoms with van der Waals surface area (Å²) in [5, 5.41) is 75.9. The second-order valence-corrected chi connectivity index (χ2v) is 12.3. The quantitative estimate of drug-likeness (QED) is 0.116. The SMILES string of the molecule is C[C@]1(CO)C2CC[C@@H](C(=O)O)C23C[C@H]1C(C(=O)O)=C[C@@H]3O.O=C(O)CCCCCCCC(O)C(O)CCCCCO. The predicted octanol–water partition coefficient (Wildman–Crippen LogP) is 2.56. The Morgan fingerprint density at radius 2 is 1.44 bits per heavy atom. The number of unbranched alkanes of at least 4 members (excludes halogenated alkanes) is 6. The van der Waals surface area contributed by atoms with Crippen molar-refractivity contribution < 1.29 is 55.2 Å². The first-order valence-electron chi connectivity index (χ1n) is 15.0. The van der Waals surface area contributed by atoms with Gasteiger partial charge in [0.25, 0.3) is 0 Å². The first-order chi connectivity index (χ1) is 19.4. The van der Waals surface area contributed by atoms with Crippen LogP contribution in [-0.2, 0) is 14.4 Å². The molecule has 0 amide bonds. The van der Waals surface area contributed by atoms with E-state index in [0.717, 1.165) is 44.9 Å². The minimum Gasteiger partial charge on any atom is -0.481 e. The van der Waals surface area contributed by atoms with Crippen molar-refractivity contribution in [1.82, 2.24) is 0 Å². The average molecular weight is 587 g/mol. The Kier molecular flexibility index (Phi) is 13.7. The molecule has 11 heteroatoms. The van der Waals surface area contributed by atoms with E-state index in [9.17, 15) is 45.0 Å². The minimum atomic E-state index is -1.10. The number of carboxylic acids is 3. The molecule has 0 aliphatic heterocycles. The first-order valence-corrected chi connectivity index (χ1v) is 15.0. The summed E-state index contributed by atoms with van der Waals surface area (Å²) in [5.41, 5.74) is -1.41. The lowest BCUT2D eigenvalue weighted by Gasteiger charge is -2.40. The molecule has 0 radical (unpaired) electrons. The molecule has 8 N–H and O–H groups in total. The van der Waals surface area contributed by atoms with Crippen LogP contribution >= 0.6 is 0 Å². The second-order valence-electron chi connectivity index (χ2n) is 12.3. The van der Waals surface area contributed by atoms with Crippen LogP contribution in [0.15, 0.2) is 11.6 Å². The maximum Gasteiger partial charge on any atom is 0.331 e. The molecule has 2 saturated carbocycles. The summed E-state index contributed by atoms with van der Waals surface area (Å²) in [5.74, 6) is -4.05. The molecule has 0 aromatic rings. The van der Waals surface area contributed by atoms with Crippen LogP contribution in [0.1, 0.15) is 96.8 Å². The smallest absolute Gasteiger partial charge is 0.331 e. The highest BCUT2D eigenvalue weighted by Crippen LogP contribution is 2.71. The van der Waals surface area contributed by atoms with Gasteiger partial charge in [-0.25, -0.2) is 4.79 Å². The molecule has 2 bridgehead atoms. The molecular formula is C30H50O11. The van der Waals surface area contributed by atoms with Crippen molar-refractivity contribution >= 4 is 17.9 Å². The lowest BCUT2D eigenvalue weighted by atomic mass is 9.65. The van der Waals surface area contributed by atoms with E-state index in [1.807, 2.05) is 6.92 Å². The highest BCUT2D eigenvalue weighted by molar-refractivity contribution is 5.88. The van der Waals surface area contributed by atoms with Crippen LogP contribution in [0.3, 0.4) is 0 Å². The van der Waals surface area contributed by atoms with Gasteiger partial charge in [-0.15, -0.1) is 0 Å². The first kappa shape index (κ1) is 35.1. The Hall–Kier alpha value is -2.05. The molecule has 4 unspecified atom stereocenters. The number of carbonyl (C=O) groups is 3. The lowest BCUT2D eigenvalue weighted by molar-refractivity contribution is -0.150. The molecule has 0 aromatic carbocycles. The van der Waals surface area contributed by atoms with Crippen LogP contribution in [-0.4, -0.2) is 90.3 Å². The normalized spacial score (nSPS) is 31.4. The Bertz CT molecular complexity index is 905. The number of hydrogen-bond acceptors (Lipinski definition) is 8. The zero-order valence-electron chi connectivity index (χ0n) is 24.2. The fraction of sp³-hybridized carbons (Fsp3) is 0.833. The zero-order valence-corrected chi connectivity index (χ0v) is 24.2. The van der Waals surface area contributed by atoms with Crippen molar-refractivity contribution in [3.05, 3.63) is 11.6 Å². The third-order valence-corrected chi connectivity index (χ3v) is 9.83. The second kappa shape index (κ2) is 16.0. The molecule has 3 rings (SSSR count). The summed E-state index contributed by atoms with van der Waals surface area (Å²) in [4.78, 5) is 33.3. The Balaban J connectivity index is 0.000000288. The van der Waals surface area contributed by atoms with Gasteiger partial charge in [0.05, 0.1) is 24.2 Å². The highest BCUT2D eigenvalue weighted by atomic mass is 16.4. The number of aliphatic hydroxyl groups excluding tert-OH is 5. The average Bonchev–Trinajstić information content (AvgIpc) is 3.41. The number of carboxylic acid groups (broad SMARTS) is 3. The fourth-order valence-electron chi connectivity index (χ4n) is 7.59. The van der Waals surface area contributed by atoms with Gasteiger partial charge in [0.2, 0.25) is 0 Å².